The van der Waals surface area contributed by atoms with Crippen molar-refractivity contribution in [2.75, 3.05) is 9.80 Å². The molecule has 0 saturated carbocycles. The zero-order chi connectivity index (χ0) is 52.2. The fraction of sp³-hybridized carbons (Fsp3) is 0.529. The number of furan rings is 1. The Morgan fingerprint density at radius 3 is 1.31 bits per heavy atom. The Bertz CT molecular complexity index is 3240. The molecule has 0 unspecified atom stereocenters. The molecule has 72 heavy (non-hydrogen) atoms. The molecule has 0 N–H and O–H groups in total. The van der Waals surface area contributed by atoms with Gasteiger partial charge in [-0.1, -0.05) is 164 Å². The van der Waals surface area contributed by atoms with Gasteiger partial charge in [0.15, 0.2) is 0 Å². The maximum Gasteiger partial charge on any atom is 0.257 e. The summed E-state index contributed by atoms with van der Waals surface area (Å²) in [5.74, 6) is 0.978. The Labute approximate surface area is 436 Å². The molecule has 3 nitrogen and oxygen atoms in total. The SMILES string of the molecule is CC(C)(C)c1cc(N2c3cc4c(cc3B3c5c2cc(C(C)(C)C)cc5N(c2ccc5c(c2)C(C)(C)CCC5(C)C)c2oc5cc6c(cc5c23)C(C)(C)CCC6(C)C)C(C)(C)CCC4(C)C)cc(C(C)(C)C)c1. The van der Waals surface area contributed by atoms with E-state index < -0.39 is 0 Å². The summed E-state index contributed by atoms with van der Waals surface area (Å²) < 4.78 is 7.73. The van der Waals surface area contributed by atoms with E-state index in [1.807, 2.05) is 0 Å². The highest BCUT2D eigenvalue weighted by Gasteiger charge is 2.50. The first-order valence-corrected chi connectivity index (χ1v) is 27.9. The molecule has 11 rings (SSSR count). The zero-order valence-electron chi connectivity index (χ0n) is 48.6. The minimum Gasteiger partial charge on any atom is -0.440 e. The van der Waals surface area contributed by atoms with Gasteiger partial charge < -0.3 is 9.32 Å². The van der Waals surface area contributed by atoms with Crippen LogP contribution in [0.4, 0.5) is 34.3 Å². The molecule has 2 aliphatic heterocycles. The third-order valence-electron chi connectivity index (χ3n) is 19.5. The van der Waals surface area contributed by atoms with Gasteiger partial charge in [0.05, 0.1) is 0 Å². The number of rotatable bonds is 2. The van der Waals surface area contributed by atoms with Crippen molar-refractivity contribution in [2.24, 2.45) is 0 Å². The van der Waals surface area contributed by atoms with Gasteiger partial charge in [0.25, 0.3) is 6.71 Å². The summed E-state index contributed by atoms with van der Waals surface area (Å²) >= 11 is 0. The lowest BCUT2D eigenvalue weighted by atomic mass is 9.33. The summed E-state index contributed by atoms with van der Waals surface area (Å²) in [5, 5.41) is 1.27. The Morgan fingerprint density at radius 1 is 0.389 bits per heavy atom. The molecule has 6 aromatic rings. The maximum absolute atomic E-state index is 7.73. The highest BCUT2D eigenvalue weighted by atomic mass is 16.4. The average molecular weight is 959 g/mol. The van der Waals surface area contributed by atoms with Crippen LogP contribution in [0.2, 0.25) is 0 Å². The van der Waals surface area contributed by atoms with E-state index in [2.05, 4.69) is 228 Å². The van der Waals surface area contributed by atoms with Crippen LogP contribution in [0, 0.1) is 0 Å². The Morgan fingerprint density at radius 2 is 0.806 bits per heavy atom. The Balaban J connectivity index is 1.34. The van der Waals surface area contributed by atoms with E-state index >= 15 is 0 Å². The highest BCUT2D eigenvalue weighted by Crippen LogP contribution is 2.55. The van der Waals surface area contributed by atoms with E-state index in [0.717, 1.165) is 43.6 Å². The summed E-state index contributed by atoms with van der Waals surface area (Å²) in [6.07, 6.45) is 6.99. The predicted molar refractivity (Wildman–Crippen MR) is 312 cm³/mol. The van der Waals surface area contributed by atoms with Crippen molar-refractivity contribution >= 4 is 68.4 Å². The van der Waals surface area contributed by atoms with Crippen LogP contribution < -0.4 is 26.2 Å². The molecule has 0 bridgehead atoms. The summed E-state index contributed by atoms with van der Waals surface area (Å²) in [6.45, 7) is 51.1. The lowest BCUT2D eigenvalue weighted by Gasteiger charge is -2.47. The van der Waals surface area contributed by atoms with Crippen molar-refractivity contribution in [3.05, 3.63) is 123 Å². The molecule has 0 radical (unpaired) electrons. The summed E-state index contributed by atoms with van der Waals surface area (Å²) in [4.78, 5) is 5.33. The molecular formula is C68H87BN2O. The first-order chi connectivity index (χ1) is 33.0. The van der Waals surface area contributed by atoms with Crippen molar-refractivity contribution in [1.29, 1.82) is 0 Å². The minimum atomic E-state index is -0.142. The molecule has 0 atom stereocenters. The van der Waals surface area contributed by atoms with Crippen LogP contribution in [0.15, 0.2) is 77.2 Å². The molecule has 1 aromatic heterocycles. The molecule has 378 valence electrons. The van der Waals surface area contributed by atoms with E-state index in [4.69, 9.17) is 4.42 Å². The fourth-order valence-electron chi connectivity index (χ4n) is 13.9. The predicted octanol–water partition coefficient (Wildman–Crippen LogP) is 17.5. The van der Waals surface area contributed by atoms with E-state index in [0.29, 0.717) is 0 Å². The number of hydrogen-bond acceptors (Lipinski definition) is 3. The van der Waals surface area contributed by atoms with Gasteiger partial charge in [0.2, 0.25) is 5.88 Å². The molecule has 3 heterocycles. The van der Waals surface area contributed by atoms with Crippen LogP contribution in [0.5, 0.6) is 0 Å². The van der Waals surface area contributed by atoms with E-state index in [9.17, 15) is 0 Å². The highest BCUT2D eigenvalue weighted by molar-refractivity contribution is 7.01. The zero-order valence-corrected chi connectivity index (χ0v) is 48.6. The van der Waals surface area contributed by atoms with Crippen LogP contribution in [-0.2, 0) is 48.7 Å². The molecule has 0 fully saturated rings. The molecule has 0 spiro atoms. The van der Waals surface area contributed by atoms with Crippen molar-refractivity contribution in [1.82, 2.24) is 0 Å². The smallest absolute Gasteiger partial charge is 0.257 e. The first-order valence-electron chi connectivity index (χ1n) is 27.9. The Hall–Kier alpha value is -4.70. The number of anilines is 6. The number of fused-ring (bicyclic) bond motifs is 9. The third kappa shape index (κ3) is 7.38. The topological polar surface area (TPSA) is 19.6 Å². The van der Waals surface area contributed by atoms with Crippen molar-refractivity contribution < 1.29 is 4.42 Å². The molecule has 5 aromatic carbocycles. The van der Waals surface area contributed by atoms with Gasteiger partial charge >= 0.3 is 0 Å². The largest absolute Gasteiger partial charge is 0.440 e. The maximum atomic E-state index is 7.73. The van der Waals surface area contributed by atoms with Gasteiger partial charge in [-0.05, 0) is 203 Å². The lowest BCUT2D eigenvalue weighted by molar-refractivity contribution is 0.332. The molecule has 3 aliphatic carbocycles. The lowest BCUT2D eigenvalue weighted by Crippen LogP contribution is -2.61. The molecule has 4 heteroatoms. The second-order valence-corrected chi connectivity index (χ2v) is 30.8. The number of benzene rings is 5. The van der Waals surface area contributed by atoms with Gasteiger partial charge in [-0.2, -0.15) is 0 Å². The molecular weight excluding hydrogens is 872 g/mol. The normalized spacial score (nSPS) is 20.8. The quantitative estimate of drug-likeness (QED) is 0.161. The standard InChI is InChI=1S/C68H87BN2O/c1-60(2,3)40-30-41(61(4,5)6)32-44(31-40)70-53-38-50-49(66(16,17)27-28-67(50,18)19)37-52(53)69-57-45-36-48-51(68(20,21)29-26-65(48,14)15)39-56(45)72-59(57)71(55-34-42(62(7,8)9)33-54(70)58(55)69)43-22-23-46-47(35-43)64(12,13)25-24-63(46,10)11/h22-23,30-39H,24-29H2,1-21H3. The van der Waals surface area contributed by atoms with Crippen LogP contribution in [0.25, 0.3) is 11.0 Å². The number of nitrogens with zero attached hydrogens (tertiary/aromatic N) is 2. The van der Waals surface area contributed by atoms with Gasteiger partial charge in [0, 0.05) is 39.3 Å². The monoisotopic (exact) mass is 959 g/mol. The Kier molecular flexibility index (Phi) is 10.3. The van der Waals surface area contributed by atoms with Crippen LogP contribution in [0.1, 0.15) is 234 Å². The van der Waals surface area contributed by atoms with E-state index in [-0.39, 0.29) is 55.4 Å². The van der Waals surface area contributed by atoms with Gasteiger partial charge in [-0.15, -0.1) is 0 Å². The average Bonchev–Trinajstić information content (AvgIpc) is 3.64. The van der Waals surface area contributed by atoms with Gasteiger partial charge in [-0.3, -0.25) is 4.90 Å². The van der Waals surface area contributed by atoms with E-state index in [1.54, 1.807) is 0 Å². The second kappa shape index (κ2) is 15.0. The third-order valence-corrected chi connectivity index (χ3v) is 19.5. The first kappa shape index (κ1) is 49.5. The van der Waals surface area contributed by atoms with Crippen LogP contribution >= 0.6 is 0 Å². The minimum absolute atomic E-state index is 0.0237. The molecule has 0 amide bonds. The van der Waals surface area contributed by atoms with Crippen LogP contribution in [-0.4, -0.2) is 6.71 Å². The summed E-state index contributed by atoms with van der Waals surface area (Å²) in [5.41, 5.74) is 24.3. The van der Waals surface area contributed by atoms with Crippen molar-refractivity contribution in [3.8, 4) is 0 Å². The van der Waals surface area contributed by atoms with Gasteiger partial charge in [0.1, 0.15) is 5.58 Å². The number of hydrogen-bond donors (Lipinski definition) is 0. The van der Waals surface area contributed by atoms with Gasteiger partial charge in [-0.25, -0.2) is 0 Å². The van der Waals surface area contributed by atoms with E-state index in [1.165, 1.54) is 107 Å². The molecule has 0 saturated heterocycles. The fourth-order valence-corrected chi connectivity index (χ4v) is 13.9. The van der Waals surface area contributed by atoms with Crippen molar-refractivity contribution in [2.45, 2.75) is 233 Å². The van der Waals surface area contributed by atoms with Crippen LogP contribution in [0.3, 0.4) is 0 Å². The summed E-state index contributed by atoms with van der Waals surface area (Å²) in [6, 6.07) is 30.7. The second-order valence-electron chi connectivity index (χ2n) is 30.8. The van der Waals surface area contributed by atoms with Crippen molar-refractivity contribution in [3.63, 3.8) is 0 Å². The molecule has 5 aliphatic rings. The summed E-state index contributed by atoms with van der Waals surface area (Å²) in [7, 11) is 0.